The Hall–Kier alpha value is -2.01. The second-order valence-electron chi connectivity index (χ2n) is 4.50. The minimum atomic E-state index is -1.59. The minimum Gasteiger partial charge on any atom is -0.506 e. The fraction of sp³-hybridized carbons (Fsp3) is 0.308. The summed E-state index contributed by atoms with van der Waals surface area (Å²) < 4.78 is 1.76. The zero-order chi connectivity index (χ0) is 13.4. The van der Waals surface area contributed by atoms with Crippen molar-refractivity contribution in [3.05, 3.63) is 30.0 Å². The first-order chi connectivity index (χ1) is 8.43. The number of fused-ring (bicyclic) bond motifs is 1. The molecule has 18 heavy (non-hydrogen) atoms. The fourth-order valence-corrected chi connectivity index (χ4v) is 2.08. The molecule has 1 heterocycles. The van der Waals surface area contributed by atoms with Gasteiger partial charge in [0.2, 0.25) is 0 Å². The summed E-state index contributed by atoms with van der Waals surface area (Å²) in [6.45, 7) is 3.84. The molecule has 1 atom stereocenters. The van der Waals surface area contributed by atoms with Crippen LogP contribution in [0.1, 0.15) is 31.6 Å². The highest BCUT2D eigenvalue weighted by atomic mass is 16.4. The quantitative estimate of drug-likeness (QED) is 0.777. The largest absolute Gasteiger partial charge is 0.506 e. The number of hydrogen-bond acceptors (Lipinski definition) is 3. The molecule has 0 fully saturated rings. The highest BCUT2D eigenvalue weighted by Gasteiger charge is 2.23. The Morgan fingerprint density at radius 1 is 1.33 bits per heavy atom. The molecule has 3 N–H and O–H groups in total. The number of hydrogen-bond donors (Lipinski definition) is 3. The van der Waals surface area contributed by atoms with Gasteiger partial charge in [-0.05, 0) is 19.9 Å². The van der Waals surface area contributed by atoms with Gasteiger partial charge in [-0.3, -0.25) is 0 Å². The summed E-state index contributed by atoms with van der Waals surface area (Å²) in [5.41, 5.74) is 0.838. The van der Waals surface area contributed by atoms with Crippen LogP contribution in [-0.2, 0) is 4.79 Å². The number of aliphatic carboxylic acids is 1. The Morgan fingerprint density at radius 3 is 2.56 bits per heavy atom. The smallest absolute Gasteiger partial charge is 0.337 e. The Morgan fingerprint density at radius 2 is 2.00 bits per heavy atom. The molecular weight excluding hydrogens is 234 g/mol. The number of rotatable bonds is 3. The molecule has 0 radical (unpaired) electrons. The van der Waals surface area contributed by atoms with E-state index in [1.807, 2.05) is 13.8 Å². The molecule has 2 rings (SSSR count). The highest BCUT2D eigenvalue weighted by Crippen LogP contribution is 2.34. The molecule has 0 aliphatic rings. The fourth-order valence-electron chi connectivity index (χ4n) is 2.08. The molecule has 0 aliphatic carbocycles. The number of carboxylic acid groups (broad SMARTS) is 1. The predicted octanol–water partition coefficient (Wildman–Crippen LogP) is 2.05. The van der Waals surface area contributed by atoms with Gasteiger partial charge in [-0.15, -0.1) is 0 Å². The van der Waals surface area contributed by atoms with E-state index in [0.29, 0.717) is 16.5 Å². The SMILES string of the molecule is CC(C)n1cc(C(O)C(=O)O)c2cccc(O)c21. The number of carbonyl (C=O) groups is 1. The van der Waals surface area contributed by atoms with Crippen molar-refractivity contribution in [2.45, 2.75) is 26.0 Å². The van der Waals surface area contributed by atoms with Crippen molar-refractivity contribution in [2.75, 3.05) is 0 Å². The second-order valence-corrected chi connectivity index (χ2v) is 4.50. The number of phenolic OH excluding ortho intramolecular Hbond substituents is 1. The van der Waals surface area contributed by atoms with E-state index in [2.05, 4.69) is 0 Å². The number of para-hydroxylation sites is 1. The van der Waals surface area contributed by atoms with E-state index in [9.17, 15) is 15.0 Å². The van der Waals surface area contributed by atoms with Gasteiger partial charge in [0.1, 0.15) is 5.75 Å². The maximum Gasteiger partial charge on any atom is 0.337 e. The van der Waals surface area contributed by atoms with Crippen LogP contribution >= 0.6 is 0 Å². The second kappa shape index (κ2) is 4.34. The number of phenols is 1. The van der Waals surface area contributed by atoms with Crippen molar-refractivity contribution in [1.82, 2.24) is 4.57 Å². The van der Waals surface area contributed by atoms with Crippen LogP contribution < -0.4 is 0 Å². The van der Waals surface area contributed by atoms with Crippen LogP contribution in [0.2, 0.25) is 0 Å². The lowest BCUT2D eigenvalue weighted by molar-refractivity contribution is -0.146. The zero-order valence-electron chi connectivity index (χ0n) is 10.2. The van der Waals surface area contributed by atoms with Crippen molar-refractivity contribution in [3.8, 4) is 5.75 Å². The van der Waals surface area contributed by atoms with Gasteiger partial charge in [0.15, 0.2) is 6.10 Å². The van der Waals surface area contributed by atoms with Crippen molar-refractivity contribution in [2.24, 2.45) is 0 Å². The number of aromatic hydroxyl groups is 1. The lowest BCUT2D eigenvalue weighted by Gasteiger charge is -2.09. The van der Waals surface area contributed by atoms with Crippen LogP contribution in [0.3, 0.4) is 0 Å². The molecule has 0 saturated carbocycles. The standard InChI is InChI=1S/C13H15NO4/c1-7(2)14-6-9(12(16)13(17)18)8-4-3-5-10(15)11(8)14/h3-7,12,15-16H,1-2H3,(H,17,18). The molecule has 5 heteroatoms. The van der Waals surface area contributed by atoms with Gasteiger partial charge in [-0.2, -0.15) is 0 Å². The summed E-state index contributed by atoms with van der Waals surface area (Å²) in [5, 5.41) is 29.0. The Kier molecular flexibility index (Phi) is 3.00. The van der Waals surface area contributed by atoms with Crippen LogP contribution in [0.4, 0.5) is 0 Å². The van der Waals surface area contributed by atoms with E-state index in [0.717, 1.165) is 0 Å². The number of carboxylic acids is 1. The number of nitrogens with zero attached hydrogens (tertiary/aromatic N) is 1. The predicted molar refractivity (Wildman–Crippen MR) is 66.6 cm³/mol. The number of aromatic nitrogens is 1. The Bertz CT molecular complexity index is 600. The van der Waals surface area contributed by atoms with Gasteiger partial charge < -0.3 is 19.9 Å². The highest BCUT2D eigenvalue weighted by molar-refractivity contribution is 5.92. The summed E-state index contributed by atoms with van der Waals surface area (Å²) in [5.74, 6) is -1.23. The molecular formula is C13H15NO4. The maximum atomic E-state index is 10.9. The summed E-state index contributed by atoms with van der Waals surface area (Å²) in [6, 6.07) is 4.91. The summed E-state index contributed by atoms with van der Waals surface area (Å²) >= 11 is 0. The lowest BCUT2D eigenvalue weighted by Crippen LogP contribution is -2.10. The van der Waals surface area contributed by atoms with Gasteiger partial charge in [0, 0.05) is 23.2 Å². The molecule has 2 aromatic rings. The van der Waals surface area contributed by atoms with E-state index in [1.54, 1.807) is 22.9 Å². The van der Waals surface area contributed by atoms with Crippen LogP contribution in [0.5, 0.6) is 5.75 Å². The van der Waals surface area contributed by atoms with Crippen molar-refractivity contribution in [1.29, 1.82) is 0 Å². The molecule has 1 unspecified atom stereocenters. The Balaban J connectivity index is 2.77. The summed E-state index contributed by atoms with van der Waals surface area (Å²) in [7, 11) is 0. The van der Waals surface area contributed by atoms with Crippen LogP contribution in [0.15, 0.2) is 24.4 Å². The number of aliphatic hydroxyl groups excluding tert-OH is 1. The van der Waals surface area contributed by atoms with Gasteiger partial charge in [-0.1, -0.05) is 12.1 Å². The van der Waals surface area contributed by atoms with Crippen molar-refractivity contribution < 1.29 is 20.1 Å². The first-order valence-corrected chi connectivity index (χ1v) is 5.66. The molecule has 0 spiro atoms. The van der Waals surface area contributed by atoms with Crippen molar-refractivity contribution >= 4 is 16.9 Å². The van der Waals surface area contributed by atoms with E-state index in [1.165, 1.54) is 6.07 Å². The van der Waals surface area contributed by atoms with E-state index in [-0.39, 0.29) is 11.8 Å². The topological polar surface area (TPSA) is 82.7 Å². The third kappa shape index (κ3) is 1.82. The van der Waals surface area contributed by atoms with Gasteiger partial charge in [-0.25, -0.2) is 4.79 Å². The molecule has 0 bridgehead atoms. The zero-order valence-corrected chi connectivity index (χ0v) is 10.2. The van der Waals surface area contributed by atoms with Gasteiger partial charge in [0.05, 0.1) is 5.52 Å². The maximum absolute atomic E-state index is 10.9. The number of benzene rings is 1. The van der Waals surface area contributed by atoms with E-state index in [4.69, 9.17) is 5.11 Å². The average molecular weight is 249 g/mol. The normalized spacial score (nSPS) is 13.1. The molecule has 5 nitrogen and oxygen atoms in total. The minimum absolute atomic E-state index is 0.0514. The van der Waals surface area contributed by atoms with Crippen LogP contribution in [-0.4, -0.2) is 25.9 Å². The van der Waals surface area contributed by atoms with Gasteiger partial charge in [0.25, 0.3) is 0 Å². The van der Waals surface area contributed by atoms with Gasteiger partial charge >= 0.3 is 5.97 Å². The molecule has 1 aromatic carbocycles. The van der Waals surface area contributed by atoms with Crippen molar-refractivity contribution in [3.63, 3.8) is 0 Å². The average Bonchev–Trinajstić information content (AvgIpc) is 2.69. The lowest BCUT2D eigenvalue weighted by atomic mass is 10.1. The molecule has 0 amide bonds. The Labute approximate surface area is 104 Å². The van der Waals surface area contributed by atoms with E-state index >= 15 is 0 Å². The van der Waals surface area contributed by atoms with Crippen LogP contribution in [0.25, 0.3) is 10.9 Å². The summed E-state index contributed by atoms with van der Waals surface area (Å²) in [6.07, 6.45) is -0.0114. The molecule has 1 aromatic heterocycles. The third-order valence-corrected chi connectivity index (χ3v) is 2.95. The molecule has 96 valence electrons. The number of aliphatic hydroxyl groups is 1. The summed E-state index contributed by atoms with van der Waals surface area (Å²) in [4.78, 5) is 10.9. The molecule has 0 aliphatic heterocycles. The monoisotopic (exact) mass is 249 g/mol. The first-order valence-electron chi connectivity index (χ1n) is 5.66. The first kappa shape index (κ1) is 12.4. The third-order valence-electron chi connectivity index (χ3n) is 2.95. The molecule has 0 saturated heterocycles. The van der Waals surface area contributed by atoms with E-state index < -0.39 is 12.1 Å². The van der Waals surface area contributed by atoms with Crippen LogP contribution in [0, 0.1) is 0 Å².